The third kappa shape index (κ3) is 4.23. The lowest BCUT2D eigenvalue weighted by molar-refractivity contribution is -0.127. The zero-order valence-electron chi connectivity index (χ0n) is 13.5. The maximum atomic E-state index is 12.3. The molecule has 0 fully saturated rings. The van der Waals surface area contributed by atoms with E-state index in [0.29, 0.717) is 5.76 Å². The number of aryl methyl sites for hydroxylation is 1. The minimum Gasteiger partial charge on any atom is -0.497 e. The summed E-state index contributed by atoms with van der Waals surface area (Å²) in [5.41, 5.74) is 0.839. The third-order valence-electron chi connectivity index (χ3n) is 3.64. The fourth-order valence-corrected chi connectivity index (χ4v) is 2.25. The maximum Gasteiger partial charge on any atom is 0.247 e. The normalized spacial score (nSPS) is 12.3. The van der Waals surface area contributed by atoms with Gasteiger partial charge in [0.2, 0.25) is 5.91 Å². The lowest BCUT2D eigenvalue weighted by atomic mass is 10.1. The van der Waals surface area contributed by atoms with Crippen LogP contribution in [0.5, 0.6) is 5.75 Å². The molecule has 0 spiro atoms. The van der Waals surface area contributed by atoms with Crippen LogP contribution in [-0.2, 0) is 4.79 Å². The second-order valence-electron chi connectivity index (χ2n) is 5.20. The average Bonchev–Trinajstić information content (AvgIpc) is 2.99. The number of hydrogen-bond acceptors (Lipinski definition) is 4. The number of amides is 1. The van der Waals surface area contributed by atoms with Gasteiger partial charge in [-0.25, -0.2) is 0 Å². The summed E-state index contributed by atoms with van der Waals surface area (Å²) in [5.74, 6) is 1.92. The molecule has 0 aliphatic carbocycles. The van der Waals surface area contributed by atoms with Gasteiger partial charge in [-0.05, 0) is 42.8 Å². The van der Waals surface area contributed by atoms with Crippen LogP contribution in [0.4, 0.5) is 0 Å². The van der Waals surface area contributed by atoms with Gasteiger partial charge in [0, 0.05) is 13.1 Å². The SMILES string of the molecule is COc1ccc(C(CO)N(C)C(=O)/C=C/c2ccc(C)o2)cc1. The minimum atomic E-state index is -0.420. The molecule has 5 nitrogen and oxygen atoms in total. The number of nitrogens with zero attached hydrogens (tertiary/aromatic N) is 1. The number of rotatable bonds is 6. The molecule has 1 amide bonds. The predicted octanol–water partition coefficient (Wildman–Crippen LogP) is 2.80. The first-order valence-electron chi connectivity index (χ1n) is 7.31. The molecular formula is C18H21NO4. The Bertz CT molecular complexity index is 673. The first-order chi connectivity index (χ1) is 11.0. The molecule has 2 rings (SSSR count). The van der Waals surface area contributed by atoms with Crippen molar-refractivity contribution in [3.63, 3.8) is 0 Å². The van der Waals surface area contributed by atoms with Crippen molar-refractivity contribution in [1.82, 2.24) is 4.90 Å². The fraction of sp³-hybridized carbons (Fsp3) is 0.278. The number of benzene rings is 1. The Morgan fingerprint density at radius 1 is 1.30 bits per heavy atom. The zero-order chi connectivity index (χ0) is 16.8. The zero-order valence-corrected chi connectivity index (χ0v) is 13.5. The van der Waals surface area contributed by atoms with E-state index >= 15 is 0 Å². The summed E-state index contributed by atoms with van der Waals surface area (Å²) in [5, 5.41) is 9.65. The topological polar surface area (TPSA) is 62.9 Å². The van der Waals surface area contributed by atoms with Gasteiger partial charge in [-0.2, -0.15) is 0 Å². The van der Waals surface area contributed by atoms with Crippen LogP contribution in [-0.4, -0.2) is 36.7 Å². The fourth-order valence-electron chi connectivity index (χ4n) is 2.25. The molecule has 1 atom stereocenters. The summed E-state index contributed by atoms with van der Waals surface area (Å²) in [7, 11) is 3.25. The first kappa shape index (κ1) is 16.8. The first-order valence-corrected chi connectivity index (χ1v) is 7.31. The van der Waals surface area contributed by atoms with Crippen molar-refractivity contribution in [2.75, 3.05) is 20.8 Å². The Morgan fingerprint density at radius 3 is 2.52 bits per heavy atom. The van der Waals surface area contributed by atoms with E-state index in [9.17, 15) is 9.90 Å². The molecule has 23 heavy (non-hydrogen) atoms. The minimum absolute atomic E-state index is 0.164. The van der Waals surface area contributed by atoms with Crippen LogP contribution in [0.2, 0.25) is 0 Å². The number of carbonyl (C=O) groups excluding carboxylic acids is 1. The van der Waals surface area contributed by atoms with Gasteiger partial charge >= 0.3 is 0 Å². The molecule has 0 radical (unpaired) electrons. The molecule has 1 N–H and O–H groups in total. The van der Waals surface area contributed by atoms with E-state index in [-0.39, 0.29) is 12.5 Å². The Balaban J connectivity index is 2.09. The number of hydrogen-bond donors (Lipinski definition) is 1. The highest BCUT2D eigenvalue weighted by Crippen LogP contribution is 2.22. The number of methoxy groups -OCH3 is 1. The number of aliphatic hydroxyl groups excluding tert-OH is 1. The number of aliphatic hydroxyl groups is 1. The van der Waals surface area contributed by atoms with Crippen molar-refractivity contribution in [2.45, 2.75) is 13.0 Å². The molecule has 0 aliphatic rings. The molecule has 0 aliphatic heterocycles. The lowest BCUT2D eigenvalue weighted by Gasteiger charge is -2.26. The van der Waals surface area contributed by atoms with Gasteiger partial charge in [0.25, 0.3) is 0 Å². The summed E-state index contributed by atoms with van der Waals surface area (Å²) in [4.78, 5) is 13.8. The van der Waals surface area contributed by atoms with Crippen molar-refractivity contribution in [3.8, 4) is 5.75 Å². The molecule has 1 aromatic heterocycles. The largest absolute Gasteiger partial charge is 0.497 e. The molecular weight excluding hydrogens is 294 g/mol. The predicted molar refractivity (Wildman–Crippen MR) is 88.1 cm³/mol. The molecule has 2 aromatic rings. The highest BCUT2D eigenvalue weighted by Gasteiger charge is 2.19. The van der Waals surface area contributed by atoms with E-state index < -0.39 is 6.04 Å². The van der Waals surface area contributed by atoms with E-state index in [1.165, 1.54) is 11.0 Å². The summed E-state index contributed by atoms with van der Waals surface area (Å²) < 4.78 is 10.5. The van der Waals surface area contributed by atoms with Crippen LogP contribution < -0.4 is 4.74 Å². The van der Waals surface area contributed by atoms with Crippen molar-refractivity contribution >= 4 is 12.0 Å². The third-order valence-corrected chi connectivity index (χ3v) is 3.64. The van der Waals surface area contributed by atoms with Gasteiger partial charge in [0.1, 0.15) is 17.3 Å². The standard InChI is InChI=1S/C18H21NO4/c1-13-4-7-16(23-13)10-11-18(21)19(2)17(12-20)14-5-8-15(22-3)9-6-14/h4-11,17,20H,12H2,1-3H3/b11-10+. The lowest BCUT2D eigenvalue weighted by Crippen LogP contribution is -2.32. The van der Waals surface area contributed by atoms with Crippen LogP contribution in [0.3, 0.4) is 0 Å². The summed E-state index contributed by atoms with van der Waals surface area (Å²) in [6.07, 6.45) is 3.05. The number of carbonyl (C=O) groups is 1. The van der Waals surface area contributed by atoms with Crippen molar-refractivity contribution in [3.05, 3.63) is 59.6 Å². The molecule has 5 heteroatoms. The Kier molecular flexibility index (Phi) is 5.60. The van der Waals surface area contributed by atoms with Crippen molar-refractivity contribution < 1.29 is 19.1 Å². The molecule has 1 aromatic carbocycles. The summed E-state index contributed by atoms with van der Waals surface area (Å²) in [6.45, 7) is 1.68. The summed E-state index contributed by atoms with van der Waals surface area (Å²) in [6, 6.07) is 10.5. The number of ether oxygens (including phenoxy) is 1. The van der Waals surface area contributed by atoms with Crippen molar-refractivity contribution in [1.29, 1.82) is 0 Å². The quantitative estimate of drug-likeness (QED) is 0.833. The van der Waals surface area contributed by atoms with E-state index in [4.69, 9.17) is 9.15 Å². The van der Waals surface area contributed by atoms with Crippen LogP contribution in [0.1, 0.15) is 23.1 Å². The number of likely N-dealkylation sites (N-methyl/N-ethyl adjacent to an activating group) is 1. The van der Waals surface area contributed by atoms with Crippen LogP contribution in [0.15, 0.2) is 46.9 Å². The number of furan rings is 1. The maximum absolute atomic E-state index is 12.3. The Labute approximate surface area is 135 Å². The Hall–Kier alpha value is -2.53. The molecule has 0 bridgehead atoms. The van der Waals surface area contributed by atoms with E-state index in [1.807, 2.05) is 25.1 Å². The van der Waals surface area contributed by atoms with Gasteiger partial charge < -0.3 is 19.2 Å². The van der Waals surface area contributed by atoms with E-state index in [0.717, 1.165) is 17.1 Å². The molecule has 1 unspecified atom stereocenters. The molecule has 0 saturated carbocycles. The van der Waals surface area contributed by atoms with Crippen LogP contribution in [0, 0.1) is 6.92 Å². The highest BCUT2D eigenvalue weighted by atomic mass is 16.5. The smallest absolute Gasteiger partial charge is 0.247 e. The van der Waals surface area contributed by atoms with Crippen LogP contribution >= 0.6 is 0 Å². The average molecular weight is 315 g/mol. The van der Waals surface area contributed by atoms with Crippen LogP contribution in [0.25, 0.3) is 6.08 Å². The van der Waals surface area contributed by atoms with E-state index in [1.54, 1.807) is 38.4 Å². The van der Waals surface area contributed by atoms with Gasteiger partial charge in [-0.15, -0.1) is 0 Å². The van der Waals surface area contributed by atoms with E-state index in [2.05, 4.69) is 0 Å². The van der Waals surface area contributed by atoms with Gasteiger partial charge in [0.05, 0.1) is 19.8 Å². The Morgan fingerprint density at radius 2 is 2.00 bits per heavy atom. The summed E-state index contributed by atoms with van der Waals surface area (Å²) >= 11 is 0. The van der Waals surface area contributed by atoms with Crippen molar-refractivity contribution in [2.24, 2.45) is 0 Å². The molecule has 1 heterocycles. The molecule has 0 saturated heterocycles. The molecule has 122 valence electrons. The second kappa shape index (κ2) is 7.65. The van der Waals surface area contributed by atoms with Gasteiger partial charge in [0.15, 0.2) is 0 Å². The van der Waals surface area contributed by atoms with Gasteiger partial charge in [-0.1, -0.05) is 12.1 Å². The monoisotopic (exact) mass is 315 g/mol. The second-order valence-corrected chi connectivity index (χ2v) is 5.20. The highest BCUT2D eigenvalue weighted by molar-refractivity contribution is 5.91. The van der Waals surface area contributed by atoms with Gasteiger partial charge in [-0.3, -0.25) is 4.79 Å².